The van der Waals surface area contributed by atoms with Crippen molar-refractivity contribution in [3.05, 3.63) is 192 Å². The molecule has 0 bridgehead atoms. The van der Waals surface area contributed by atoms with E-state index in [0.29, 0.717) is 0 Å². The van der Waals surface area contributed by atoms with Gasteiger partial charge >= 0.3 is 0 Å². The van der Waals surface area contributed by atoms with Gasteiger partial charge < -0.3 is 9.80 Å². The lowest BCUT2D eigenvalue weighted by Crippen LogP contribution is -2.24. The molecule has 0 atom stereocenters. The first-order valence-electron chi connectivity index (χ1n) is 21.3. The van der Waals surface area contributed by atoms with Crippen molar-refractivity contribution in [2.24, 2.45) is 0 Å². The first kappa shape index (κ1) is 35.1. The largest absolute Gasteiger partial charge is 0.341 e. The summed E-state index contributed by atoms with van der Waals surface area (Å²) in [7, 11) is 4.38. The molecule has 1 heterocycles. The van der Waals surface area contributed by atoms with Crippen LogP contribution in [-0.2, 0) is 10.8 Å². The molecular weight excluding hydrogens is 725 g/mol. The van der Waals surface area contributed by atoms with E-state index in [4.69, 9.17) is 0 Å². The van der Waals surface area contributed by atoms with Crippen LogP contribution in [-0.4, -0.2) is 14.1 Å². The van der Waals surface area contributed by atoms with E-state index in [1.165, 1.54) is 122 Å². The first-order valence-corrected chi connectivity index (χ1v) is 21.3. The minimum atomic E-state index is -0.103. The average molecular weight is 771 g/mol. The monoisotopic (exact) mass is 770 g/mol. The van der Waals surface area contributed by atoms with Gasteiger partial charge in [-0.15, -0.1) is 0 Å². The van der Waals surface area contributed by atoms with E-state index in [-0.39, 0.29) is 10.8 Å². The standard InChI is InChI=1S/C58H46N2/c1-57(2)47-22-12-10-19-43(47)56-44(20-15-23-48(56)57)55-41-18-8-7-17-40(41)54(37-28-31-52-53(34-37)60(6)51-25-14-13-24-50(51)59(52)5)42-30-27-35(32-45(42)55)36-26-29-39-38-16-9-11-21-46(38)58(3,4)49(39)33-36/h7-34H,1-6H3. The van der Waals surface area contributed by atoms with Gasteiger partial charge in [0.15, 0.2) is 0 Å². The Morgan fingerprint density at radius 1 is 0.300 bits per heavy atom. The van der Waals surface area contributed by atoms with E-state index in [0.717, 1.165) is 0 Å². The van der Waals surface area contributed by atoms with Gasteiger partial charge in [-0.25, -0.2) is 0 Å². The molecule has 0 radical (unpaired) electrons. The van der Waals surface area contributed by atoms with Crippen LogP contribution in [0.2, 0.25) is 0 Å². The van der Waals surface area contributed by atoms with Gasteiger partial charge in [-0.2, -0.15) is 0 Å². The Kier molecular flexibility index (Phi) is 7.20. The average Bonchev–Trinajstić information content (AvgIpc) is 3.66. The van der Waals surface area contributed by atoms with Gasteiger partial charge in [-0.05, 0) is 136 Å². The first-order chi connectivity index (χ1) is 29.1. The fraction of sp³-hybridized carbons (Fsp3) is 0.138. The maximum Gasteiger partial charge on any atom is 0.0656 e. The smallest absolute Gasteiger partial charge is 0.0656 e. The minimum absolute atomic E-state index is 0.0771. The van der Waals surface area contributed by atoms with Crippen molar-refractivity contribution in [2.75, 3.05) is 23.9 Å². The van der Waals surface area contributed by atoms with E-state index >= 15 is 0 Å². The molecule has 1 aliphatic heterocycles. The highest BCUT2D eigenvalue weighted by Crippen LogP contribution is 2.56. The van der Waals surface area contributed by atoms with Gasteiger partial charge in [0.2, 0.25) is 0 Å². The number of benzene rings is 9. The van der Waals surface area contributed by atoms with Crippen LogP contribution >= 0.6 is 0 Å². The topological polar surface area (TPSA) is 6.48 Å². The van der Waals surface area contributed by atoms with Gasteiger partial charge in [-0.1, -0.05) is 161 Å². The lowest BCUT2D eigenvalue weighted by Gasteiger charge is -2.36. The molecule has 3 aliphatic rings. The summed E-state index contributed by atoms with van der Waals surface area (Å²) in [6.07, 6.45) is 0. The molecule has 0 saturated heterocycles. The van der Waals surface area contributed by atoms with Crippen molar-refractivity contribution in [3.63, 3.8) is 0 Å². The Bertz CT molecular complexity index is 3310. The van der Waals surface area contributed by atoms with Crippen molar-refractivity contribution >= 4 is 44.3 Å². The number of para-hydroxylation sites is 2. The van der Waals surface area contributed by atoms with E-state index in [1.807, 2.05) is 0 Å². The molecule has 9 aromatic rings. The highest BCUT2D eigenvalue weighted by Gasteiger charge is 2.38. The molecule has 2 nitrogen and oxygen atoms in total. The molecule has 0 amide bonds. The molecule has 9 aromatic carbocycles. The SMILES string of the molecule is CN1c2ccccc2N(C)c2cc(-c3c4ccccc4c(-c4cccc5c4-c4ccccc4C5(C)C)c4cc(-c5ccc6c(c5)C(C)(C)c5ccccc5-6)ccc34)ccc21. The third kappa shape index (κ3) is 4.65. The zero-order chi connectivity index (χ0) is 40.7. The predicted molar refractivity (Wildman–Crippen MR) is 255 cm³/mol. The summed E-state index contributed by atoms with van der Waals surface area (Å²) in [5.41, 5.74) is 23.2. The third-order valence-electron chi connectivity index (χ3n) is 14.4. The van der Waals surface area contributed by atoms with Gasteiger partial charge in [-0.3, -0.25) is 0 Å². The summed E-state index contributed by atoms with van der Waals surface area (Å²) in [4.78, 5) is 4.68. The van der Waals surface area contributed by atoms with Crippen LogP contribution in [0.1, 0.15) is 49.9 Å². The van der Waals surface area contributed by atoms with Crippen LogP contribution < -0.4 is 9.80 Å². The molecule has 60 heavy (non-hydrogen) atoms. The lowest BCUT2D eigenvalue weighted by atomic mass is 9.80. The quantitative estimate of drug-likeness (QED) is 0.165. The lowest BCUT2D eigenvalue weighted by molar-refractivity contribution is 0.660. The van der Waals surface area contributed by atoms with E-state index in [9.17, 15) is 0 Å². The van der Waals surface area contributed by atoms with Crippen LogP contribution in [0.25, 0.3) is 77.2 Å². The normalized spacial score (nSPS) is 15.0. The van der Waals surface area contributed by atoms with Crippen molar-refractivity contribution < 1.29 is 0 Å². The van der Waals surface area contributed by atoms with Crippen LogP contribution in [0, 0.1) is 0 Å². The van der Waals surface area contributed by atoms with Crippen molar-refractivity contribution in [2.45, 2.75) is 38.5 Å². The van der Waals surface area contributed by atoms with Crippen LogP contribution in [0.4, 0.5) is 22.7 Å². The summed E-state index contributed by atoms with van der Waals surface area (Å²) in [5.74, 6) is 0. The zero-order valence-corrected chi connectivity index (χ0v) is 35.1. The molecule has 0 fully saturated rings. The van der Waals surface area contributed by atoms with Gasteiger partial charge in [0.05, 0.1) is 22.7 Å². The number of rotatable bonds is 3. The highest BCUT2D eigenvalue weighted by molar-refractivity contribution is 6.23. The second kappa shape index (κ2) is 12.3. The van der Waals surface area contributed by atoms with E-state index < -0.39 is 0 Å². The van der Waals surface area contributed by atoms with Gasteiger partial charge in [0.25, 0.3) is 0 Å². The molecule has 0 saturated carbocycles. The molecule has 0 N–H and O–H groups in total. The Morgan fingerprint density at radius 3 is 1.57 bits per heavy atom. The molecular formula is C58H46N2. The fourth-order valence-electron chi connectivity index (χ4n) is 11.3. The summed E-state index contributed by atoms with van der Waals surface area (Å²) in [5, 5.41) is 5.07. The minimum Gasteiger partial charge on any atom is -0.341 e. The summed E-state index contributed by atoms with van der Waals surface area (Å²) in [6, 6.07) is 64.3. The second-order valence-electron chi connectivity index (χ2n) is 18.2. The molecule has 0 aromatic heterocycles. The van der Waals surface area contributed by atoms with Gasteiger partial charge in [0, 0.05) is 24.9 Å². The van der Waals surface area contributed by atoms with E-state index in [2.05, 4.69) is 221 Å². The summed E-state index contributed by atoms with van der Waals surface area (Å²) < 4.78 is 0. The molecule has 2 heteroatoms. The second-order valence-corrected chi connectivity index (χ2v) is 18.2. The summed E-state index contributed by atoms with van der Waals surface area (Å²) >= 11 is 0. The molecule has 288 valence electrons. The Morgan fingerprint density at radius 2 is 0.800 bits per heavy atom. The molecule has 2 aliphatic carbocycles. The number of hydrogen-bond donors (Lipinski definition) is 0. The number of fused-ring (bicyclic) bond motifs is 10. The molecule has 0 unspecified atom stereocenters. The maximum absolute atomic E-state index is 2.50. The molecule has 12 rings (SSSR count). The third-order valence-corrected chi connectivity index (χ3v) is 14.4. The number of hydrogen-bond acceptors (Lipinski definition) is 2. The van der Waals surface area contributed by atoms with Gasteiger partial charge in [0.1, 0.15) is 0 Å². The Hall–Kier alpha value is -6.90. The highest BCUT2D eigenvalue weighted by atomic mass is 15.2. The fourth-order valence-corrected chi connectivity index (χ4v) is 11.3. The van der Waals surface area contributed by atoms with Crippen LogP contribution in [0.3, 0.4) is 0 Å². The van der Waals surface area contributed by atoms with Crippen LogP contribution in [0.15, 0.2) is 170 Å². The Labute approximate surface area is 353 Å². The van der Waals surface area contributed by atoms with Crippen molar-refractivity contribution in [1.29, 1.82) is 0 Å². The van der Waals surface area contributed by atoms with E-state index in [1.54, 1.807) is 0 Å². The van der Waals surface area contributed by atoms with Crippen LogP contribution in [0.5, 0.6) is 0 Å². The molecule has 0 spiro atoms. The van der Waals surface area contributed by atoms with Crippen molar-refractivity contribution in [3.8, 4) is 55.6 Å². The number of anilines is 4. The number of nitrogens with zero attached hydrogens (tertiary/aromatic N) is 2. The summed E-state index contributed by atoms with van der Waals surface area (Å²) in [6.45, 7) is 9.52. The Balaban J connectivity index is 1.15. The van der Waals surface area contributed by atoms with Crippen molar-refractivity contribution in [1.82, 2.24) is 0 Å². The maximum atomic E-state index is 2.50. The zero-order valence-electron chi connectivity index (χ0n) is 35.1. The predicted octanol–water partition coefficient (Wildman–Crippen LogP) is 15.5.